The number of carboxylic acid groups (broad SMARTS) is 1. The highest BCUT2D eigenvalue weighted by atomic mass is 16.6. The van der Waals surface area contributed by atoms with Crippen molar-refractivity contribution < 1.29 is 24.4 Å². The van der Waals surface area contributed by atoms with E-state index in [0.29, 0.717) is 17.7 Å². The zero-order valence-corrected chi connectivity index (χ0v) is 18.7. The van der Waals surface area contributed by atoms with Gasteiger partial charge in [0, 0.05) is 43.7 Å². The number of para-hydroxylation sites is 1. The van der Waals surface area contributed by atoms with Gasteiger partial charge in [-0.3, -0.25) is 14.9 Å². The maximum Gasteiger partial charge on any atom is 0.344 e. The van der Waals surface area contributed by atoms with Gasteiger partial charge in [-0.2, -0.15) is 0 Å². The summed E-state index contributed by atoms with van der Waals surface area (Å²) in [5.74, 6) is -2.34. The lowest BCUT2D eigenvalue weighted by molar-refractivity contribution is -0.385. The van der Waals surface area contributed by atoms with E-state index in [1.54, 1.807) is 37.4 Å². The number of carbonyl (C=O) groups excluding carboxylic acids is 2. The van der Waals surface area contributed by atoms with Crippen LogP contribution in [-0.4, -0.2) is 63.7 Å². The Morgan fingerprint density at radius 2 is 1.91 bits per heavy atom. The summed E-state index contributed by atoms with van der Waals surface area (Å²) < 4.78 is 0. The Morgan fingerprint density at radius 3 is 2.56 bits per heavy atom. The van der Waals surface area contributed by atoms with Crippen LogP contribution < -0.4 is 5.32 Å². The lowest BCUT2D eigenvalue weighted by Gasteiger charge is -2.38. The molecule has 2 aromatic carbocycles. The summed E-state index contributed by atoms with van der Waals surface area (Å²) in [5, 5.41) is 23.8. The predicted octanol–water partition coefficient (Wildman–Crippen LogP) is 3.79. The second-order valence-electron chi connectivity index (χ2n) is 7.91. The number of aliphatic imine (C=N–C) groups is 1. The van der Waals surface area contributed by atoms with E-state index in [9.17, 15) is 29.6 Å². The first-order chi connectivity index (χ1) is 16.2. The van der Waals surface area contributed by atoms with Crippen molar-refractivity contribution in [1.82, 2.24) is 9.80 Å². The summed E-state index contributed by atoms with van der Waals surface area (Å²) in [6.45, 7) is 1.85. The van der Waals surface area contributed by atoms with Gasteiger partial charge in [-0.15, -0.1) is 0 Å². The predicted molar refractivity (Wildman–Crippen MR) is 125 cm³/mol. The van der Waals surface area contributed by atoms with Crippen molar-refractivity contribution in [2.75, 3.05) is 25.5 Å². The number of amides is 4. The first-order valence-electron chi connectivity index (χ1n) is 10.6. The SMILES string of the molecule is CC1=NC(=O)N(CCCN(C)C(=O)Nc2ccccc2)C(c2cccc([N+](=O)[O-])c2)C1C(=O)O. The summed E-state index contributed by atoms with van der Waals surface area (Å²) in [7, 11) is 1.61. The van der Waals surface area contributed by atoms with Crippen molar-refractivity contribution in [3.63, 3.8) is 0 Å². The van der Waals surface area contributed by atoms with E-state index in [2.05, 4.69) is 10.3 Å². The maximum absolute atomic E-state index is 12.7. The van der Waals surface area contributed by atoms with Crippen LogP contribution in [0.25, 0.3) is 0 Å². The molecule has 2 unspecified atom stereocenters. The average Bonchev–Trinajstić information content (AvgIpc) is 2.80. The smallest absolute Gasteiger partial charge is 0.344 e. The molecule has 34 heavy (non-hydrogen) atoms. The van der Waals surface area contributed by atoms with E-state index in [1.165, 1.54) is 34.9 Å². The Kier molecular flexibility index (Phi) is 7.57. The molecule has 178 valence electrons. The highest BCUT2D eigenvalue weighted by molar-refractivity contribution is 6.07. The highest BCUT2D eigenvalue weighted by Gasteiger charge is 2.42. The normalized spacial score (nSPS) is 17.6. The number of urea groups is 2. The van der Waals surface area contributed by atoms with Crippen molar-refractivity contribution in [2.24, 2.45) is 10.9 Å². The van der Waals surface area contributed by atoms with Gasteiger partial charge in [0.2, 0.25) is 0 Å². The van der Waals surface area contributed by atoms with Crippen molar-refractivity contribution in [1.29, 1.82) is 0 Å². The fourth-order valence-electron chi connectivity index (χ4n) is 3.88. The third-order valence-electron chi connectivity index (χ3n) is 5.57. The van der Waals surface area contributed by atoms with Crippen molar-refractivity contribution in [2.45, 2.75) is 19.4 Å². The van der Waals surface area contributed by atoms with E-state index in [0.717, 1.165) is 0 Å². The molecular weight excluding hydrogens is 442 g/mol. The van der Waals surface area contributed by atoms with Crippen LogP contribution in [0.15, 0.2) is 59.6 Å². The number of anilines is 1. The summed E-state index contributed by atoms with van der Waals surface area (Å²) in [5.41, 5.74) is 0.904. The minimum Gasteiger partial charge on any atom is -0.481 e. The van der Waals surface area contributed by atoms with Crippen molar-refractivity contribution >= 4 is 35.1 Å². The minimum atomic E-state index is -1.19. The number of non-ortho nitro benzene ring substituents is 1. The van der Waals surface area contributed by atoms with Gasteiger partial charge in [-0.25, -0.2) is 14.6 Å². The molecule has 2 aromatic rings. The van der Waals surface area contributed by atoms with Gasteiger partial charge in [-0.1, -0.05) is 30.3 Å². The number of rotatable bonds is 8. The first-order valence-corrected chi connectivity index (χ1v) is 10.6. The summed E-state index contributed by atoms with van der Waals surface area (Å²) in [6.07, 6.45) is 0.344. The van der Waals surface area contributed by atoms with Crippen LogP contribution in [0.4, 0.5) is 21.0 Å². The molecular formula is C23H25N5O6. The number of nitro benzene ring substituents is 1. The number of nitro groups is 1. The molecule has 11 nitrogen and oxygen atoms in total. The lowest BCUT2D eigenvalue weighted by Crippen LogP contribution is -2.47. The molecule has 2 N–H and O–H groups in total. The molecule has 0 aliphatic carbocycles. The molecule has 4 amide bonds. The second kappa shape index (κ2) is 10.6. The first kappa shape index (κ1) is 24.4. The minimum absolute atomic E-state index is 0.107. The van der Waals surface area contributed by atoms with Crippen molar-refractivity contribution in [3.05, 3.63) is 70.3 Å². The highest BCUT2D eigenvalue weighted by Crippen LogP contribution is 2.35. The van der Waals surface area contributed by atoms with Gasteiger partial charge in [0.15, 0.2) is 0 Å². The van der Waals surface area contributed by atoms with E-state index in [-0.39, 0.29) is 30.5 Å². The van der Waals surface area contributed by atoms with Gasteiger partial charge < -0.3 is 20.2 Å². The van der Waals surface area contributed by atoms with Gasteiger partial charge >= 0.3 is 18.0 Å². The lowest BCUT2D eigenvalue weighted by atomic mass is 9.86. The molecule has 0 spiro atoms. The molecule has 1 aliphatic heterocycles. The van der Waals surface area contributed by atoms with Gasteiger partial charge in [0.25, 0.3) is 5.69 Å². The number of carbonyl (C=O) groups is 3. The standard InChI is InChI=1S/C23H25N5O6/c1-15-19(21(29)30)20(16-8-6-11-18(14-16)28(33)34)27(23(32)24-15)13-7-12-26(2)22(31)25-17-9-4-3-5-10-17/h3-6,8-11,14,19-20H,7,12-13H2,1-2H3,(H,25,31)(H,29,30). The molecule has 2 atom stereocenters. The third-order valence-corrected chi connectivity index (χ3v) is 5.57. The van der Waals surface area contributed by atoms with Crippen LogP contribution in [0.1, 0.15) is 24.9 Å². The van der Waals surface area contributed by atoms with Crippen LogP contribution in [0.2, 0.25) is 0 Å². The summed E-state index contributed by atoms with van der Waals surface area (Å²) >= 11 is 0. The molecule has 1 aliphatic rings. The number of aliphatic carboxylic acids is 1. The molecule has 1 heterocycles. The summed E-state index contributed by atoms with van der Waals surface area (Å²) in [4.78, 5) is 54.5. The zero-order chi connectivity index (χ0) is 24.8. The molecule has 3 rings (SSSR count). The Balaban J connectivity index is 1.77. The molecule has 0 saturated heterocycles. The molecule has 0 radical (unpaired) electrons. The monoisotopic (exact) mass is 467 g/mol. The molecule has 11 heteroatoms. The van der Waals surface area contributed by atoms with Gasteiger partial charge in [0.05, 0.1) is 11.0 Å². The van der Waals surface area contributed by atoms with Crippen LogP contribution in [0, 0.1) is 16.0 Å². The average molecular weight is 467 g/mol. The van der Waals surface area contributed by atoms with Gasteiger partial charge in [0.1, 0.15) is 5.92 Å². The van der Waals surface area contributed by atoms with E-state index >= 15 is 0 Å². The number of hydrogen-bond donors (Lipinski definition) is 2. The zero-order valence-electron chi connectivity index (χ0n) is 18.7. The fourth-order valence-corrected chi connectivity index (χ4v) is 3.88. The van der Waals surface area contributed by atoms with Crippen molar-refractivity contribution in [3.8, 4) is 0 Å². The van der Waals surface area contributed by atoms with E-state index in [4.69, 9.17) is 0 Å². The number of hydrogen-bond acceptors (Lipinski definition) is 5. The third kappa shape index (κ3) is 5.55. The molecule has 0 fully saturated rings. The number of carboxylic acids is 1. The fraction of sp³-hybridized carbons (Fsp3) is 0.304. The van der Waals surface area contributed by atoms with Gasteiger partial charge in [-0.05, 0) is 31.0 Å². The maximum atomic E-state index is 12.7. The van der Waals surface area contributed by atoms with E-state index in [1.807, 2.05) is 6.07 Å². The molecule has 0 aromatic heterocycles. The largest absolute Gasteiger partial charge is 0.481 e. The topological polar surface area (TPSA) is 145 Å². The quantitative estimate of drug-likeness (QED) is 0.446. The molecule has 0 saturated carbocycles. The summed E-state index contributed by atoms with van der Waals surface area (Å²) in [6, 6.07) is 12.6. The Bertz CT molecular complexity index is 1120. The number of nitrogens with zero attached hydrogens (tertiary/aromatic N) is 4. The Labute approximate surface area is 195 Å². The second-order valence-corrected chi connectivity index (χ2v) is 7.91. The van der Waals surface area contributed by atoms with Crippen LogP contribution in [0.3, 0.4) is 0 Å². The van der Waals surface area contributed by atoms with Crippen LogP contribution >= 0.6 is 0 Å². The Hall–Kier alpha value is -4.28. The van der Waals surface area contributed by atoms with Crippen LogP contribution in [0.5, 0.6) is 0 Å². The molecule has 0 bridgehead atoms. The van der Waals surface area contributed by atoms with Crippen LogP contribution in [-0.2, 0) is 4.79 Å². The Morgan fingerprint density at radius 1 is 1.21 bits per heavy atom. The number of benzene rings is 2. The number of nitrogens with one attached hydrogen (secondary N) is 1. The van der Waals surface area contributed by atoms with E-state index < -0.39 is 28.9 Å².